The number of carbonyl (C=O) groups is 1. The van der Waals surface area contributed by atoms with Crippen molar-refractivity contribution in [2.45, 2.75) is 31.7 Å². The molecule has 1 saturated carbocycles. The number of aromatic nitrogens is 1. The first-order valence-electron chi connectivity index (χ1n) is 7.64. The van der Waals surface area contributed by atoms with Gasteiger partial charge in [0.05, 0.1) is 18.0 Å². The second-order valence-electron chi connectivity index (χ2n) is 6.68. The summed E-state index contributed by atoms with van der Waals surface area (Å²) in [5.41, 5.74) is 0.408. The minimum absolute atomic E-state index is 0.0136. The number of pyridine rings is 1. The Labute approximate surface area is 135 Å². The van der Waals surface area contributed by atoms with Gasteiger partial charge in [0.2, 0.25) is 10.0 Å². The Balaban J connectivity index is 1.54. The first kappa shape index (κ1) is 16.3. The molecule has 2 heterocycles. The topological polar surface area (TPSA) is 79.4 Å². The van der Waals surface area contributed by atoms with E-state index in [-0.39, 0.29) is 22.9 Å². The molecule has 1 spiro atoms. The maximum atomic E-state index is 13.2. The molecule has 1 N–H and O–H groups in total. The highest BCUT2D eigenvalue weighted by molar-refractivity contribution is 7.88. The van der Waals surface area contributed by atoms with Crippen LogP contribution in [0, 0.1) is 11.2 Å². The predicted octanol–water partition coefficient (Wildman–Crippen LogP) is 1.15. The fraction of sp³-hybridized carbons (Fsp3) is 0.600. The van der Waals surface area contributed by atoms with Gasteiger partial charge in [-0.05, 0) is 37.2 Å². The highest BCUT2D eigenvalue weighted by Crippen LogP contribution is 2.49. The van der Waals surface area contributed by atoms with Gasteiger partial charge in [-0.3, -0.25) is 9.78 Å². The zero-order chi connectivity index (χ0) is 16.7. The predicted molar refractivity (Wildman–Crippen MR) is 82.8 cm³/mol. The number of hydrogen-bond donors (Lipinski definition) is 1. The minimum atomic E-state index is -3.16. The van der Waals surface area contributed by atoms with Gasteiger partial charge in [-0.1, -0.05) is 0 Å². The SMILES string of the molecule is CS(=O)(=O)NC1CC2(CCN(C(=O)c3cncc(F)c3)CC2)C1. The quantitative estimate of drug-likeness (QED) is 0.895. The summed E-state index contributed by atoms with van der Waals surface area (Å²) in [4.78, 5) is 17.8. The number of nitrogens with one attached hydrogen (secondary N) is 1. The van der Waals surface area contributed by atoms with E-state index in [9.17, 15) is 17.6 Å². The van der Waals surface area contributed by atoms with Gasteiger partial charge in [0.15, 0.2) is 0 Å². The Morgan fingerprint density at radius 1 is 1.35 bits per heavy atom. The minimum Gasteiger partial charge on any atom is -0.339 e. The van der Waals surface area contributed by atoms with Gasteiger partial charge in [-0.2, -0.15) is 0 Å². The van der Waals surface area contributed by atoms with Crippen molar-refractivity contribution in [2.24, 2.45) is 5.41 Å². The van der Waals surface area contributed by atoms with Crippen molar-refractivity contribution in [3.05, 3.63) is 29.8 Å². The van der Waals surface area contributed by atoms with Crippen molar-refractivity contribution in [1.29, 1.82) is 0 Å². The molecule has 0 aromatic carbocycles. The van der Waals surface area contributed by atoms with Gasteiger partial charge in [0, 0.05) is 25.3 Å². The Kier molecular flexibility index (Phi) is 4.14. The van der Waals surface area contributed by atoms with Crippen molar-refractivity contribution >= 4 is 15.9 Å². The van der Waals surface area contributed by atoms with Crippen LogP contribution in [0.4, 0.5) is 4.39 Å². The van der Waals surface area contributed by atoms with Crippen molar-refractivity contribution in [1.82, 2.24) is 14.6 Å². The van der Waals surface area contributed by atoms with E-state index in [0.717, 1.165) is 31.9 Å². The number of piperidine rings is 1. The third-order valence-corrected chi connectivity index (χ3v) is 5.56. The van der Waals surface area contributed by atoms with Crippen LogP contribution in [0.3, 0.4) is 0 Å². The van der Waals surface area contributed by atoms with Crippen molar-refractivity contribution in [3.8, 4) is 0 Å². The van der Waals surface area contributed by atoms with Gasteiger partial charge in [0.1, 0.15) is 5.82 Å². The first-order chi connectivity index (χ1) is 10.8. The Bertz CT molecular complexity index is 706. The number of amides is 1. The largest absolute Gasteiger partial charge is 0.339 e. The molecule has 1 aliphatic carbocycles. The zero-order valence-corrected chi connectivity index (χ0v) is 13.8. The summed E-state index contributed by atoms with van der Waals surface area (Å²) in [6, 6.07) is 1.22. The first-order valence-corrected chi connectivity index (χ1v) is 9.53. The highest BCUT2D eigenvalue weighted by Gasteiger charge is 2.47. The van der Waals surface area contributed by atoms with Gasteiger partial charge in [-0.15, -0.1) is 0 Å². The third kappa shape index (κ3) is 3.69. The molecular formula is C15H20FN3O3S. The molecule has 1 amide bonds. The van der Waals surface area contributed by atoms with Crippen molar-refractivity contribution < 1.29 is 17.6 Å². The monoisotopic (exact) mass is 341 g/mol. The molecule has 1 saturated heterocycles. The standard InChI is InChI=1S/C15H20FN3O3S/c1-23(21,22)18-13-7-15(8-13)2-4-19(5-3-15)14(20)11-6-12(16)10-17-9-11/h6,9-10,13,18H,2-5,7-8H2,1H3. The molecule has 0 atom stereocenters. The molecule has 1 aromatic heterocycles. The molecule has 126 valence electrons. The normalized spacial score (nSPS) is 21.2. The van der Waals surface area contributed by atoms with Gasteiger partial charge >= 0.3 is 0 Å². The average molecular weight is 341 g/mol. The smallest absolute Gasteiger partial charge is 0.255 e. The fourth-order valence-electron chi connectivity index (χ4n) is 3.68. The van der Waals surface area contributed by atoms with E-state index in [1.807, 2.05) is 0 Å². The van der Waals surface area contributed by atoms with Gasteiger partial charge < -0.3 is 4.90 Å². The van der Waals surface area contributed by atoms with Gasteiger partial charge in [-0.25, -0.2) is 17.5 Å². The highest BCUT2D eigenvalue weighted by atomic mass is 32.2. The van der Waals surface area contributed by atoms with E-state index < -0.39 is 15.8 Å². The molecule has 1 aromatic rings. The van der Waals surface area contributed by atoms with E-state index in [2.05, 4.69) is 9.71 Å². The van der Waals surface area contributed by atoms with E-state index in [4.69, 9.17) is 0 Å². The lowest BCUT2D eigenvalue weighted by Crippen LogP contribution is -2.55. The van der Waals surface area contributed by atoms with E-state index in [0.29, 0.717) is 13.1 Å². The molecule has 2 aliphatic rings. The summed E-state index contributed by atoms with van der Waals surface area (Å²) >= 11 is 0. The average Bonchev–Trinajstić information content (AvgIpc) is 2.44. The Morgan fingerprint density at radius 3 is 2.57 bits per heavy atom. The Hall–Kier alpha value is -1.54. The molecule has 0 unspecified atom stereocenters. The van der Waals surface area contributed by atoms with E-state index in [1.165, 1.54) is 18.5 Å². The Morgan fingerprint density at radius 2 is 2.00 bits per heavy atom. The number of halogens is 1. The van der Waals surface area contributed by atoms with Crippen LogP contribution in [0.5, 0.6) is 0 Å². The zero-order valence-electron chi connectivity index (χ0n) is 13.0. The van der Waals surface area contributed by atoms with E-state index >= 15 is 0 Å². The summed E-state index contributed by atoms with van der Waals surface area (Å²) in [6.07, 6.45) is 6.98. The molecular weight excluding hydrogens is 321 g/mol. The lowest BCUT2D eigenvalue weighted by Gasteiger charge is -2.52. The molecule has 0 bridgehead atoms. The van der Waals surface area contributed by atoms with Crippen molar-refractivity contribution in [2.75, 3.05) is 19.3 Å². The summed E-state index contributed by atoms with van der Waals surface area (Å²) in [7, 11) is -3.16. The molecule has 6 nitrogen and oxygen atoms in total. The maximum absolute atomic E-state index is 13.2. The van der Waals surface area contributed by atoms with E-state index in [1.54, 1.807) is 4.90 Å². The van der Waals surface area contributed by atoms with Crippen LogP contribution in [0.1, 0.15) is 36.0 Å². The lowest BCUT2D eigenvalue weighted by molar-refractivity contribution is 0.0137. The number of carbonyl (C=O) groups excluding carboxylic acids is 1. The van der Waals surface area contributed by atoms with Crippen LogP contribution >= 0.6 is 0 Å². The van der Waals surface area contributed by atoms with Gasteiger partial charge in [0.25, 0.3) is 5.91 Å². The fourth-order valence-corrected chi connectivity index (χ4v) is 4.45. The molecule has 1 aliphatic heterocycles. The second-order valence-corrected chi connectivity index (χ2v) is 8.46. The van der Waals surface area contributed by atoms with Crippen LogP contribution in [0.25, 0.3) is 0 Å². The number of hydrogen-bond acceptors (Lipinski definition) is 4. The number of nitrogens with zero attached hydrogens (tertiary/aromatic N) is 2. The van der Waals surface area contributed by atoms with Crippen LogP contribution in [-0.4, -0.2) is 49.6 Å². The molecule has 2 fully saturated rings. The second kappa shape index (κ2) is 5.83. The molecule has 8 heteroatoms. The van der Waals surface area contributed by atoms with Crippen LogP contribution in [0.15, 0.2) is 18.5 Å². The number of sulfonamides is 1. The molecule has 23 heavy (non-hydrogen) atoms. The lowest BCUT2D eigenvalue weighted by atomic mass is 9.60. The number of likely N-dealkylation sites (tertiary alicyclic amines) is 1. The molecule has 3 rings (SSSR count). The summed E-state index contributed by atoms with van der Waals surface area (Å²) in [5, 5.41) is 0. The maximum Gasteiger partial charge on any atom is 0.255 e. The van der Waals surface area contributed by atoms with Crippen LogP contribution < -0.4 is 4.72 Å². The van der Waals surface area contributed by atoms with Crippen LogP contribution in [-0.2, 0) is 10.0 Å². The molecule has 0 radical (unpaired) electrons. The summed E-state index contributed by atoms with van der Waals surface area (Å²) < 4.78 is 38.3. The van der Waals surface area contributed by atoms with Crippen molar-refractivity contribution in [3.63, 3.8) is 0 Å². The summed E-state index contributed by atoms with van der Waals surface area (Å²) in [6.45, 7) is 1.22. The van der Waals surface area contributed by atoms with Crippen LogP contribution in [0.2, 0.25) is 0 Å². The third-order valence-electron chi connectivity index (χ3n) is 4.80. The number of rotatable bonds is 3. The summed E-state index contributed by atoms with van der Waals surface area (Å²) in [5.74, 6) is -0.713.